The molecule has 0 aromatic heterocycles. The van der Waals surface area contributed by atoms with Gasteiger partial charge in [-0.05, 0) is 86.3 Å². The first kappa shape index (κ1) is 32.7. The number of para-hydroxylation sites is 1. The van der Waals surface area contributed by atoms with Gasteiger partial charge in [0.25, 0.3) is 0 Å². The Kier molecular flexibility index (Phi) is 7.75. The number of ether oxygens (including phenoxy) is 1. The first-order chi connectivity index (χ1) is 24.5. The zero-order chi connectivity index (χ0) is 35.8. The van der Waals surface area contributed by atoms with Gasteiger partial charge in [-0.2, -0.15) is 0 Å². The third kappa shape index (κ3) is 4.95. The van der Waals surface area contributed by atoms with Gasteiger partial charge in [-0.25, -0.2) is 9.29 Å². The molecular formula is C40H33ClFN3O6. The summed E-state index contributed by atoms with van der Waals surface area (Å²) in [5, 5.41) is 14.4. The molecule has 4 aliphatic rings. The van der Waals surface area contributed by atoms with E-state index >= 15 is 0 Å². The molecule has 2 saturated heterocycles. The Morgan fingerprint density at radius 3 is 2.24 bits per heavy atom. The van der Waals surface area contributed by atoms with Crippen molar-refractivity contribution in [2.45, 2.75) is 25.7 Å². The number of methoxy groups -OCH3 is 1. The Morgan fingerprint density at radius 1 is 0.843 bits per heavy atom. The van der Waals surface area contributed by atoms with Crippen LogP contribution in [0.5, 0.6) is 11.5 Å². The second-order valence-corrected chi connectivity index (χ2v) is 14.1. The van der Waals surface area contributed by atoms with E-state index in [1.54, 1.807) is 31.2 Å². The molecule has 0 radical (unpaired) electrons. The van der Waals surface area contributed by atoms with Crippen molar-refractivity contribution in [1.29, 1.82) is 0 Å². The summed E-state index contributed by atoms with van der Waals surface area (Å²) >= 11 is 6.09. The predicted molar refractivity (Wildman–Crippen MR) is 189 cm³/mol. The molecular weight excluding hydrogens is 673 g/mol. The van der Waals surface area contributed by atoms with Crippen LogP contribution in [-0.4, -0.2) is 35.8 Å². The van der Waals surface area contributed by atoms with Gasteiger partial charge in [-0.1, -0.05) is 47.5 Å². The number of hydrogen-bond donors (Lipinski definition) is 2. The standard InChI is InChI=1S/C40H33ClFN3O6/c1-40-30(37(48)45(39(40)50)24-12-17-32(42)31(41)18-24)20-29-26(35(40)27-14-13-25(51-2)19-33(27)46)15-16-28-34(29)38(49)44(36(28)47)23-10-8-22(9-11-23)43-21-6-4-3-5-7-21/h3-15,17-19,28-30,34-35,43,46H,16,20H2,1-2H3/t28-,29+,30-,34-,35+,40+/m0/s1. The number of carbonyl (C=O) groups is 4. The Bertz CT molecular complexity index is 2160. The van der Waals surface area contributed by atoms with Crippen molar-refractivity contribution in [2.75, 3.05) is 22.2 Å². The van der Waals surface area contributed by atoms with Gasteiger partial charge in [-0.3, -0.25) is 24.1 Å². The Labute approximate surface area is 298 Å². The molecule has 2 aliphatic carbocycles. The Balaban J connectivity index is 1.19. The van der Waals surface area contributed by atoms with Gasteiger partial charge in [0.2, 0.25) is 23.6 Å². The zero-order valence-corrected chi connectivity index (χ0v) is 28.4. The molecule has 2 aliphatic heterocycles. The average molecular weight is 706 g/mol. The van der Waals surface area contributed by atoms with Crippen LogP contribution in [0.4, 0.5) is 27.1 Å². The van der Waals surface area contributed by atoms with Crippen molar-refractivity contribution < 1.29 is 33.4 Å². The number of phenols is 1. The lowest BCUT2D eigenvalue weighted by Crippen LogP contribution is -2.48. The van der Waals surface area contributed by atoms with Crippen LogP contribution in [0.25, 0.3) is 0 Å². The van der Waals surface area contributed by atoms with Gasteiger partial charge in [0.1, 0.15) is 17.3 Å². The first-order valence-electron chi connectivity index (χ1n) is 16.7. The van der Waals surface area contributed by atoms with E-state index in [0.29, 0.717) is 17.0 Å². The normalized spacial score (nSPS) is 26.8. The second kappa shape index (κ2) is 12.1. The van der Waals surface area contributed by atoms with E-state index in [0.717, 1.165) is 27.9 Å². The summed E-state index contributed by atoms with van der Waals surface area (Å²) in [5.74, 6) is -5.95. The molecule has 0 bridgehead atoms. The van der Waals surface area contributed by atoms with E-state index in [1.807, 2.05) is 48.5 Å². The molecule has 8 rings (SSSR count). The summed E-state index contributed by atoms with van der Waals surface area (Å²) in [5.41, 5.74) is 1.97. The molecule has 4 aromatic carbocycles. The Hall–Kier alpha value is -5.48. The predicted octanol–water partition coefficient (Wildman–Crippen LogP) is 7.37. The smallest absolute Gasteiger partial charge is 0.241 e. The van der Waals surface area contributed by atoms with Crippen LogP contribution in [-0.2, 0) is 19.2 Å². The van der Waals surface area contributed by atoms with Crippen LogP contribution < -0.4 is 19.9 Å². The van der Waals surface area contributed by atoms with Gasteiger partial charge >= 0.3 is 0 Å². The summed E-state index contributed by atoms with van der Waals surface area (Å²) in [7, 11) is 1.47. The van der Waals surface area contributed by atoms with E-state index in [2.05, 4.69) is 5.32 Å². The summed E-state index contributed by atoms with van der Waals surface area (Å²) in [4.78, 5) is 59.7. The van der Waals surface area contributed by atoms with Gasteiger partial charge in [0, 0.05) is 28.9 Å². The minimum atomic E-state index is -1.40. The number of carbonyl (C=O) groups excluding carboxylic acids is 4. The third-order valence-electron chi connectivity index (χ3n) is 11.2. The number of imide groups is 2. The van der Waals surface area contributed by atoms with Crippen LogP contribution in [0, 0.1) is 34.9 Å². The van der Waals surface area contributed by atoms with Gasteiger partial charge in [0.05, 0.1) is 46.7 Å². The van der Waals surface area contributed by atoms with Gasteiger partial charge < -0.3 is 15.2 Å². The SMILES string of the molecule is COc1ccc([C@H]2C3=CC[C@@H]4C(=O)N(c5ccc(Nc6ccccc6)cc5)C(=O)[C@@H]4[C@@H]3C[C@H]3C(=O)N(c4ccc(F)c(Cl)c4)C(=O)[C@@]23C)c(O)c1. The highest BCUT2D eigenvalue weighted by molar-refractivity contribution is 6.32. The fourth-order valence-corrected chi connectivity index (χ4v) is 8.94. The van der Waals surface area contributed by atoms with E-state index in [-0.39, 0.29) is 41.1 Å². The number of fused-ring (bicyclic) bond motifs is 4. The molecule has 51 heavy (non-hydrogen) atoms. The number of allylic oxidation sites excluding steroid dienone is 2. The quantitative estimate of drug-likeness (QED) is 0.159. The maximum absolute atomic E-state index is 14.6. The van der Waals surface area contributed by atoms with Crippen LogP contribution in [0.15, 0.2) is 103 Å². The van der Waals surface area contributed by atoms with Crippen molar-refractivity contribution in [3.63, 3.8) is 0 Å². The number of benzene rings is 4. The lowest BCUT2D eigenvalue weighted by atomic mass is 9.51. The number of aromatic hydroxyl groups is 1. The van der Waals surface area contributed by atoms with Crippen LogP contribution >= 0.6 is 11.6 Å². The Morgan fingerprint density at radius 2 is 1.55 bits per heavy atom. The fraction of sp³-hybridized carbons (Fsp3) is 0.250. The minimum absolute atomic E-state index is 0.125. The second-order valence-electron chi connectivity index (χ2n) is 13.7. The molecule has 6 atom stereocenters. The molecule has 1 saturated carbocycles. The largest absolute Gasteiger partial charge is 0.508 e. The highest BCUT2D eigenvalue weighted by atomic mass is 35.5. The van der Waals surface area contributed by atoms with Gasteiger partial charge in [-0.15, -0.1) is 0 Å². The maximum Gasteiger partial charge on any atom is 0.241 e. The lowest BCUT2D eigenvalue weighted by Gasteiger charge is -2.49. The van der Waals surface area contributed by atoms with Crippen LogP contribution in [0.1, 0.15) is 31.2 Å². The van der Waals surface area contributed by atoms with Crippen LogP contribution in [0.2, 0.25) is 5.02 Å². The monoisotopic (exact) mass is 705 g/mol. The molecule has 3 fully saturated rings. The number of nitrogens with one attached hydrogen (secondary N) is 1. The number of phenolic OH excluding ortho intramolecular Hbond substituents is 1. The van der Waals surface area contributed by atoms with E-state index in [1.165, 1.54) is 30.2 Å². The third-order valence-corrected chi connectivity index (χ3v) is 11.5. The molecule has 4 amide bonds. The molecule has 2 N–H and O–H groups in total. The maximum atomic E-state index is 14.6. The number of amides is 4. The first-order valence-corrected chi connectivity index (χ1v) is 17.1. The summed E-state index contributed by atoms with van der Waals surface area (Å²) < 4.78 is 19.5. The van der Waals surface area contributed by atoms with Gasteiger partial charge in [0.15, 0.2) is 0 Å². The summed E-state index contributed by atoms with van der Waals surface area (Å²) in [6.07, 6.45) is 2.29. The number of nitrogens with zero attached hydrogens (tertiary/aromatic N) is 2. The van der Waals surface area contributed by atoms with E-state index in [9.17, 15) is 28.7 Å². The highest BCUT2D eigenvalue weighted by Gasteiger charge is 2.68. The molecule has 9 nitrogen and oxygen atoms in total. The fourth-order valence-electron chi connectivity index (χ4n) is 8.76. The number of rotatable bonds is 6. The molecule has 2 heterocycles. The average Bonchev–Trinajstić information content (AvgIpc) is 3.50. The van der Waals surface area contributed by atoms with E-state index in [4.69, 9.17) is 16.3 Å². The van der Waals surface area contributed by atoms with Crippen molar-refractivity contribution >= 4 is 58.0 Å². The topological polar surface area (TPSA) is 116 Å². The van der Waals surface area contributed by atoms with Crippen molar-refractivity contribution in [3.8, 4) is 11.5 Å². The van der Waals surface area contributed by atoms with Crippen molar-refractivity contribution in [1.82, 2.24) is 0 Å². The zero-order valence-electron chi connectivity index (χ0n) is 27.7. The van der Waals surface area contributed by atoms with Crippen molar-refractivity contribution in [3.05, 3.63) is 119 Å². The summed E-state index contributed by atoms with van der Waals surface area (Å²) in [6, 6.07) is 25.2. The molecule has 0 spiro atoms. The molecule has 4 aromatic rings. The minimum Gasteiger partial charge on any atom is -0.508 e. The van der Waals surface area contributed by atoms with E-state index < -0.39 is 52.6 Å². The van der Waals surface area contributed by atoms with Crippen LogP contribution in [0.3, 0.4) is 0 Å². The molecule has 0 unspecified atom stereocenters. The highest BCUT2D eigenvalue weighted by Crippen LogP contribution is 2.64. The number of hydrogen-bond acceptors (Lipinski definition) is 7. The van der Waals surface area contributed by atoms with Crippen molar-refractivity contribution in [2.24, 2.45) is 29.1 Å². The molecule has 11 heteroatoms. The number of halogens is 2. The number of anilines is 4. The molecule has 258 valence electrons. The summed E-state index contributed by atoms with van der Waals surface area (Å²) in [6.45, 7) is 1.71. The lowest BCUT2D eigenvalue weighted by molar-refractivity contribution is -0.131.